The molecule has 1 fully saturated rings. The first-order chi connectivity index (χ1) is 11.0. The highest BCUT2D eigenvalue weighted by atomic mass is 35.5. The molecule has 1 saturated heterocycles. The molecule has 126 valence electrons. The normalized spacial score (nSPS) is 15.4. The van der Waals surface area contributed by atoms with Crippen LogP contribution >= 0.6 is 23.2 Å². The molecule has 4 nitrogen and oxygen atoms in total. The summed E-state index contributed by atoms with van der Waals surface area (Å²) in [4.78, 5) is 25.7. The minimum Gasteiger partial charge on any atom is -0.352 e. The zero-order valence-electron chi connectivity index (χ0n) is 13.3. The molecule has 1 N–H and O–H groups in total. The molecule has 1 aliphatic heterocycles. The average molecular weight is 357 g/mol. The van der Waals surface area contributed by atoms with Crippen LogP contribution in [0.1, 0.15) is 43.2 Å². The van der Waals surface area contributed by atoms with Crippen molar-refractivity contribution in [1.82, 2.24) is 10.2 Å². The fourth-order valence-corrected chi connectivity index (χ4v) is 3.40. The Balaban J connectivity index is 1.82. The minimum absolute atomic E-state index is 0.0764. The van der Waals surface area contributed by atoms with Crippen molar-refractivity contribution in [2.24, 2.45) is 0 Å². The number of aryl methyl sites for hydroxylation is 1. The third kappa shape index (κ3) is 5.40. The second-order valence-corrected chi connectivity index (χ2v) is 6.74. The van der Waals surface area contributed by atoms with Gasteiger partial charge in [-0.3, -0.25) is 9.59 Å². The summed E-state index contributed by atoms with van der Waals surface area (Å²) in [6.45, 7) is 3.52. The van der Waals surface area contributed by atoms with E-state index in [1.807, 2.05) is 13.0 Å². The molecule has 1 heterocycles. The average Bonchev–Trinajstić information content (AvgIpc) is 2.68. The van der Waals surface area contributed by atoms with Crippen LogP contribution in [-0.2, 0) is 16.1 Å². The lowest BCUT2D eigenvalue weighted by Gasteiger charge is -2.20. The van der Waals surface area contributed by atoms with Crippen LogP contribution in [0, 0.1) is 6.92 Å². The lowest BCUT2D eigenvalue weighted by atomic mass is 10.1. The molecule has 1 aromatic carbocycles. The number of halogens is 2. The van der Waals surface area contributed by atoms with E-state index in [4.69, 9.17) is 23.2 Å². The zero-order valence-corrected chi connectivity index (χ0v) is 14.8. The van der Waals surface area contributed by atoms with Crippen LogP contribution in [0.5, 0.6) is 0 Å². The molecule has 0 spiro atoms. The highest BCUT2D eigenvalue weighted by Gasteiger charge is 2.17. The van der Waals surface area contributed by atoms with Crippen molar-refractivity contribution in [2.75, 3.05) is 13.1 Å². The SMILES string of the molecule is Cc1cc(Cl)cc(Cl)c1CNC(=O)CCN1CCCCCC1=O. The second-order valence-electron chi connectivity index (χ2n) is 5.90. The number of hydrogen-bond acceptors (Lipinski definition) is 2. The van der Waals surface area contributed by atoms with Crippen LogP contribution in [0.25, 0.3) is 0 Å². The molecule has 6 heteroatoms. The molecular weight excluding hydrogens is 335 g/mol. The smallest absolute Gasteiger partial charge is 0.222 e. The first-order valence-corrected chi connectivity index (χ1v) is 8.72. The van der Waals surface area contributed by atoms with E-state index in [1.54, 1.807) is 11.0 Å². The Morgan fingerprint density at radius 3 is 2.78 bits per heavy atom. The molecule has 0 aromatic heterocycles. The van der Waals surface area contributed by atoms with Crippen molar-refractivity contribution in [3.8, 4) is 0 Å². The van der Waals surface area contributed by atoms with Gasteiger partial charge in [-0.1, -0.05) is 29.6 Å². The fraction of sp³-hybridized carbons (Fsp3) is 0.529. The summed E-state index contributed by atoms with van der Waals surface area (Å²) in [6, 6.07) is 3.50. The van der Waals surface area contributed by atoms with E-state index in [9.17, 15) is 9.59 Å². The monoisotopic (exact) mass is 356 g/mol. The van der Waals surface area contributed by atoms with Gasteiger partial charge in [0.15, 0.2) is 0 Å². The van der Waals surface area contributed by atoms with Crippen LogP contribution < -0.4 is 5.32 Å². The number of nitrogens with one attached hydrogen (secondary N) is 1. The highest BCUT2D eigenvalue weighted by Crippen LogP contribution is 2.24. The van der Waals surface area contributed by atoms with E-state index < -0.39 is 0 Å². The number of carbonyl (C=O) groups is 2. The number of carbonyl (C=O) groups excluding carboxylic acids is 2. The third-order valence-corrected chi connectivity index (χ3v) is 4.68. The van der Waals surface area contributed by atoms with Gasteiger partial charge in [-0.25, -0.2) is 0 Å². The number of amides is 2. The van der Waals surface area contributed by atoms with Gasteiger partial charge >= 0.3 is 0 Å². The maximum Gasteiger partial charge on any atom is 0.222 e. The summed E-state index contributed by atoms with van der Waals surface area (Å²) in [5.74, 6) is 0.0827. The van der Waals surface area contributed by atoms with Crippen molar-refractivity contribution >= 4 is 35.0 Å². The second kappa shape index (κ2) is 8.55. The molecule has 1 aromatic rings. The molecule has 23 heavy (non-hydrogen) atoms. The Labute approximate surface area is 147 Å². The highest BCUT2D eigenvalue weighted by molar-refractivity contribution is 6.35. The lowest BCUT2D eigenvalue weighted by Crippen LogP contribution is -2.34. The molecule has 0 bridgehead atoms. The van der Waals surface area contributed by atoms with Gasteiger partial charge in [-0.15, -0.1) is 0 Å². The maximum atomic E-state index is 12.0. The number of nitrogens with zero attached hydrogens (tertiary/aromatic N) is 1. The van der Waals surface area contributed by atoms with Gasteiger partial charge in [0.05, 0.1) is 0 Å². The van der Waals surface area contributed by atoms with Crippen molar-refractivity contribution in [1.29, 1.82) is 0 Å². The summed E-state index contributed by atoms with van der Waals surface area (Å²) < 4.78 is 0. The third-order valence-electron chi connectivity index (χ3n) is 4.13. The number of hydrogen-bond donors (Lipinski definition) is 1. The van der Waals surface area contributed by atoms with Crippen molar-refractivity contribution in [3.63, 3.8) is 0 Å². The van der Waals surface area contributed by atoms with Crippen molar-refractivity contribution in [3.05, 3.63) is 33.3 Å². The van der Waals surface area contributed by atoms with Gasteiger partial charge in [0, 0.05) is 42.5 Å². The predicted molar refractivity (Wildman–Crippen MR) is 92.7 cm³/mol. The largest absolute Gasteiger partial charge is 0.352 e. The maximum absolute atomic E-state index is 12.0. The fourth-order valence-electron chi connectivity index (χ4n) is 2.74. The van der Waals surface area contributed by atoms with E-state index in [-0.39, 0.29) is 11.8 Å². The van der Waals surface area contributed by atoms with Gasteiger partial charge in [0.2, 0.25) is 11.8 Å². The van der Waals surface area contributed by atoms with Crippen molar-refractivity contribution in [2.45, 2.75) is 45.6 Å². The van der Waals surface area contributed by atoms with Crippen LogP contribution in [0.2, 0.25) is 10.0 Å². The van der Waals surface area contributed by atoms with E-state index in [0.29, 0.717) is 36.0 Å². The summed E-state index contributed by atoms with van der Waals surface area (Å²) in [7, 11) is 0. The number of likely N-dealkylation sites (tertiary alicyclic amines) is 1. The molecule has 1 aliphatic rings. The van der Waals surface area contributed by atoms with Crippen LogP contribution in [0.4, 0.5) is 0 Å². The summed E-state index contributed by atoms with van der Waals surface area (Å²) in [6.07, 6.45) is 3.97. The quantitative estimate of drug-likeness (QED) is 0.873. The Kier molecular flexibility index (Phi) is 6.72. The molecule has 0 atom stereocenters. The Morgan fingerprint density at radius 2 is 2.04 bits per heavy atom. The minimum atomic E-state index is -0.0764. The molecule has 0 saturated carbocycles. The van der Waals surface area contributed by atoms with E-state index >= 15 is 0 Å². The van der Waals surface area contributed by atoms with E-state index in [2.05, 4.69) is 5.32 Å². The Hall–Kier alpha value is -1.26. The number of benzene rings is 1. The Bertz CT molecular complexity index is 567. The molecule has 0 aliphatic carbocycles. The first kappa shape index (κ1) is 18.1. The summed E-state index contributed by atoms with van der Waals surface area (Å²) in [5.41, 5.74) is 1.82. The Morgan fingerprint density at radius 1 is 1.26 bits per heavy atom. The predicted octanol–water partition coefficient (Wildman–Crippen LogP) is 3.71. The van der Waals surface area contributed by atoms with E-state index in [1.165, 1.54) is 0 Å². The summed E-state index contributed by atoms with van der Waals surface area (Å²) in [5, 5.41) is 4.00. The van der Waals surface area contributed by atoms with Gasteiger partial charge in [-0.2, -0.15) is 0 Å². The van der Waals surface area contributed by atoms with Gasteiger partial charge in [-0.05, 0) is 43.0 Å². The zero-order chi connectivity index (χ0) is 16.8. The number of rotatable bonds is 5. The molecule has 0 unspecified atom stereocenters. The molecule has 2 amide bonds. The van der Waals surface area contributed by atoms with E-state index in [0.717, 1.165) is 36.9 Å². The van der Waals surface area contributed by atoms with Crippen LogP contribution in [-0.4, -0.2) is 29.8 Å². The van der Waals surface area contributed by atoms with Crippen molar-refractivity contribution < 1.29 is 9.59 Å². The topological polar surface area (TPSA) is 49.4 Å². The van der Waals surface area contributed by atoms with Gasteiger partial charge in [0.25, 0.3) is 0 Å². The molecule has 2 rings (SSSR count). The van der Waals surface area contributed by atoms with Crippen LogP contribution in [0.3, 0.4) is 0 Å². The molecular formula is C17H22Cl2N2O2. The molecule has 0 radical (unpaired) electrons. The van der Waals surface area contributed by atoms with Gasteiger partial charge < -0.3 is 10.2 Å². The lowest BCUT2D eigenvalue weighted by molar-refractivity contribution is -0.131. The standard InChI is InChI=1S/C17H22Cl2N2O2/c1-12-9-13(18)10-15(19)14(12)11-20-16(22)6-8-21-7-4-2-3-5-17(21)23/h9-10H,2-8,11H2,1H3,(H,20,22). The first-order valence-electron chi connectivity index (χ1n) is 7.96. The van der Waals surface area contributed by atoms with Crippen LogP contribution in [0.15, 0.2) is 12.1 Å². The summed E-state index contributed by atoms with van der Waals surface area (Å²) >= 11 is 12.1. The van der Waals surface area contributed by atoms with Gasteiger partial charge in [0.1, 0.15) is 0 Å².